The number of rotatable bonds is 5. The molecule has 1 N–H and O–H groups in total. The van der Waals surface area contributed by atoms with E-state index in [0.29, 0.717) is 11.6 Å². The van der Waals surface area contributed by atoms with Crippen molar-refractivity contribution >= 4 is 17.6 Å². The highest BCUT2D eigenvalue weighted by Gasteiger charge is 2.34. The van der Waals surface area contributed by atoms with E-state index in [1.54, 1.807) is 44.2 Å². The largest absolute Gasteiger partial charge is 0.452 e. The minimum atomic E-state index is -1.70. The normalized spacial score (nSPS) is 12.4. The van der Waals surface area contributed by atoms with Crippen molar-refractivity contribution in [3.05, 3.63) is 65.5 Å². The van der Waals surface area contributed by atoms with Gasteiger partial charge in [-0.15, -0.1) is 0 Å². The Balaban J connectivity index is 2.07. The Morgan fingerprint density at radius 2 is 1.62 bits per heavy atom. The third-order valence-corrected chi connectivity index (χ3v) is 3.95. The Labute approximate surface area is 149 Å². The molecule has 0 saturated heterocycles. The first-order chi connectivity index (χ1) is 12.1. The molecule has 2 aromatic rings. The Hall–Kier alpha value is -2.83. The summed E-state index contributed by atoms with van der Waals surface area (Å²) in [5.74, 6) is -6.12. The molecular weight excluding hydrogens is 347 g/mol. The van der Waals surface area contributed by atoms with Gasteiger partial charge in [-0.25, -0.2) is 13.2 Å². The molecule has 0 heterocycles. The highest BCUT2D eigenvalue weighted by Crippen LogP contribution is 2.25. The van der Waals surface area contributed by atoms with E-state index in [1.807, 2.05) is 0 Å². The predicted octanol–water partition coefficient (Wildman–Crippen LogP) is 3.95. The van der Waals surface area contributed by atoms with E-state index in [2.05, 4.69) is 5.32 Å². The molecule has 0 aromatic heterocycles. The van der Waals surface area contributed by atoms with Crippen LogP contribution in [0.2, 0.25) is 0 Å². The Morgan fingerprint density at radius 3 is 2.23 bits per heavy atom. The molecule has 0 aliphatic rings. The van der Waals surface area contributed by atoms with E-state index in [4.69, 9.17) is 4.74 Å². The number of anilines is 1. The van der Waals surface area contributed by atoms with Gasteiger partial charge in [0, 0.05) is 0 Å². The van der Waals surface area contributed by atoms with E-state index >= 15 is 0 Å². The monoisotopic (exact) mass is 365 g/mol. The van der Waals surface area contributed by atoms with Gasteiger partial charge >= 0.3 is 5.97 Å². The lowest BCUT2D eigenvalue weighted by Crippen LogP contribution is -2.37. The average Bonchev–Trinajstić information content (AvgIpc) is 2.62. The fourth-order valence-electron chi connectivity index (χ4n) is 2.19. The van der Waals surface area contributed by atoms with Crippen molar-refractivity contribution < 1.29 is 27.5 Å². The molecule has 138 valence electrons. The third-order valence-electron chi connectivity index (χ3n) is 3.95. The van der Waals surface area contributed by atoms with Crippen LogP contribution in [0.15, 0.2) is 42.5 Å². The molecule has 1 atom stereocenters. The maximum absolute atomic E-state index is 13.6. The van der Waals surface area contributed by atoms with Crippen molar-refractivity contribution in [2.75, 3.05) is 5.32 Å². The van der Waals surface area contributed by atoms with Gasteiger partial charge in [0.15, 0.2) is 23.6 Å². The zero-order valence-corrected chi connectivity index (χ0v) is 14.5. The number of carbonyl (C=O) groups is 2. The number of esters is 1. The molecule has 0 bridgehead atoms. The van der Waals surface area contributed by atoms with Crippen molar-refractivity contribution in [1.29, 1.82) is 0 Å². The fraction of sp³-hybridized carbons (Fsp3) is 0.263. The number of benzene rings is 2. The second-order valence-corrected chi connectivity index (χ2v) is 6.25. The zero-order valence-electron chi connectivity index (χ0n) is 14.5. The lowest BCUT2D eigenvalue weighted by atomic mass is 9.85. The van der Waals surface area contributed by atoms with Crippen LogP contribution in [-0.4, -0.2) is 18.0 Å². The summed E-state index contributed by atoms with van der Waals surface area (Å²) in [4.78, 5) is 24.5. The molecule has 0 aliphatic carbocycles. The molecule has 4 nitrogen and oxygen atoms in total. The van der Waals surface area contributed by atoms with Crippen molar-refractivity contribution in [1.82, 2.24) is 0 Å². The number of nitrogens with one attached hydrogen (secondary N) is 1. The average molecular weight is 365 g/mol. The molecule has 0 spiro atoms. The first-order valence-corrected chi connectivity index (χ1v) is 7.85. The van der Waals surface area contributed by atoms with Crippen LogP contribution in [0.5, 0.6) is 0 Å². The second kappa shape index (κ2) is 7.59. The van der Waals surface area contributed by atoms with Crippen LogP contribution < -0.4 is 5.32 Å². The summed E-state index contributed by atoms with van der Waals surface area (Å²) >= 11 is 0. The third kappa shape index (κ3) is 4.04. The zero-order chi connectivity index (χ0) is 19.5. The van der Waals surface area contributed by atoms with Crippen molar-refractivity contribution in [2.45, 2.75) is 32.3 Å². The summed E-state index contributed by atoms with van der Waals surface area (Å²) in [6, 6.07) is 10.4. The van der Waals surface area contributed by atoms with Gasteiger partial charge in [-0.1, -0.05) is 30.3 Å². The van der Waals surface area contributed by atoms with E-state index in [1.165, 1.54) is 6.92 Å². The van der Waals surface area contributed by atoms with Crippen molar-refractivity contribution in [3.8, 4) is 0 Å². The highest BCUT2D eigenvalue weighted by molar-refractivity contribution is 5.96. The molecule has 2 aromatic carbocycles. The van der Waals surface area contributed by atoms with E-state index < -0.39 is 46.5 Å². The Morgan fingerprint density at radius 1 is 1.00 bits per heavy atom. The number of ether oxygens (including phenoxy) is 1. The Bertz CT molecular complexity index is 822. The SMILES string of the molecule is C[C@H](OC(=O)C(C)(C)c1ccccc1)C(=O)Nc1ccc(F)c(F)c1F. The first kappa shape index (κ1) is 19.5. The molecule has 7 heteroatoms. The van der Waals surface area contributed by atoms with Gasteiger partial charge in [0.05, 0.1) is 11.1 Å². The van der Waals surface area contributed by atoms with Gasteiger partial charge in [-0.3, -0.25) is 9.59 Å². The molecule has 26 heavy (non-hydrogen) atoms. The number of hydrogen-bond donors (Lipinski definition) is 1. The molecule has 0 saturated carbocycles. The highest BCUT2D eigenvalue weighted by atomic mass is 19.2. The molecule has 0 unspecified atom stereocenters. The van der Waals surface area contributed by atoms with Gasteiger partial charge in [0.2, 0.25) is 0 Å². The molecule has 1 amide bonds. The standard InChI is InChI=1S/C19H18F3NO3/c1-11(17(24)23-14-10-9-13(20)15(21)16(14)22)26-18(25)19(2,3)12-7-5-4-6-8-12/h4-11H,1-3H3,(H,23,24)/t11-/m0/s1. The quantitative estimate of drug-likeness (QED) is 0.645. The number of amides is 1. The minimum absolute atomic E-state index is 0.542. The smallest absolute Gasteiger partial charge is 0.316 e. The van der Waals surface area contributed by atoms with Crippen LogP contribution in [0.25, 0.3) is 0 Å². The van der Waals surface area contributed by atoms with E-state index in [0.717, 1.165) is 6.07 Å². The summed E-state index contributed by atoms with van der Waals surface area (Å²) in [7, 11) is 0. The van der Waals surface area contributed by atoms with Gasteiger partial charge in [-0.05, 0) is 38.5 Å². The summed E-state index contributed by atoms with van der Waals surface area (Å²) in [5, 5.41) is 2.08. The van der Waals surface area contributed by atoms with Gasteiger partial charge in [0.25, 0.3) is 5.91 Å². The van der Waals surface area contributed by atoms with Crippen LogP contribution in [-0.2, 0) is 19.7 Å². The van der Waals surface area contributed by atoms with Crippen LogP contribution in [0.3, 0.4) is 0 Å². The van der Waals surface area contributed by atoms with Crippen LogP contribution in [0.4, 0.5) is 18.9 Å². The molecule has 2 rings (SSSR count). The van der Waals surface area contributed by atoms with Gasteiger partial charge in [-0.2, -0.15) is 0 Å². The summed E-state index contributed by atoms with van der Waals surface area (Å²) in [5.41, 5.74) is -0.855. The van der Waals surface area contributed by atoms with Crippen molar-refractivity contribution in [2.24, 2.45) is 0 Å². The fourth-order valence-corrected chi connectivity index (χ4v) is 2.19. The maximum Gasteiger partial charge on any atom is 0.316 e. The topological polar surface area (TPSA) is 55.4 Å². The van der Waals surface area contributed by atoms with Crippen LogP contribution in [0.1, 0.15) is 26.3 Å². The number of hydrogen-bond acceptors (Lipinski definition) is 3. The van der Waals surface area contributed by atoms with E-state index in [-0.39, 0.29) is 0 Å². The molecular formula is C19H18F3NO3. The van der Waals surface area contributed by atoms with Gasteiger partial charge in [0.1, 0.15) is 0 Å². The lowest BCUT2D eigenvalue weighted by molar-refractivity contribution is -0.158. The first-order valence-electron chi connectivity index (χ1n) is 7.85. The molecule has 0 radical (unpaired) electrons. The van der Waals surface area contributed by atoms with E-state index in [9.17, 15) is 22.8 Å². The predicted molar refractivity (Wildman–Crippen MR) is 90.0 cm³/mol. The van der Waals surface area contributed by atoms with Crippen molar-refractivity contribution in [3.63, 3.8) is 0 Å². The lowest BCUT2D eigenvalue weighted by Gasteiger charge is -2.25. The summed E-state index contributed by atoms with van der Waals surface area (Å²) in [6.07, 6.45) is -1.27. The summed E-state index contributed by atoms with van der Waals surface area (Å²) < 4.78 is 44.9. The van der Waals surface area contributed by atoms with Gasteiger partial charge < -0.3 is 10.1 Å². The molecule has 0 fully saturated rings. The second-order valence-electron chi connectivity index (χ2n) is 6.25. The maximum atomic E-state index is 13.6. The van der Waals surface area contributed by atoms with Crippen LogP contribution >= 0.6 is 0 Å². The minimum Gasteiger partial charge on any atom is -0.452 e. The number of halogens is 3. The number of carbonyl (C=O) groups excluding carboxylic acids is 2. The van der Waals surface area contributed by atoms with Crippen LogP contribution in [0, 0.1) is 17.5 Å². The Kier molecular flexibility index (Phi) is 5.69. The summed E-state index contributed by atoms with van der Waals surface area (Å²) in [6.45, 7) is 4.58. The molecule has 0 aliphatic heterocycles.